The van der Waals surface area contributed by atoms with E-state index in [9.17, 15) is 14.9 Å². The normalized spacial score (nSPS) is 17.7. The van der Waals surface area contributed by atoms with Gasteiger partial charge in [-0.3, -0.25) is 10.1 Å². The Kier molecular flexibility index (Phi) is 4.51. The van der Waals surface area contributed by atoms with Gasteiger partial charge in [-0.2, -0.15) is 0 Å². The third-order valence-corrected chi connectivity index (χ3v) is 4.55. The molecule has 0 radical (unpaired) electrons. The molecule has 1 fully saturated rings. The molecule has 1 aliphatic heterocycles. The van der Waals surface area contributed by atoms with E-state index in [2.05, 4.69) is 4.98 Å². The summed E-state index contributed by atoms with van der Waals surface area (Å²) >= 11 is 1.33. The molecule has 134 valence electrons. The highest BCUT2D eigenvalue weighted by atomic mass is 32.1. The molecule has 2 aromatic rings. The number of amides is 1. The number of carbonyl (C=O) groups is 1. The number of hydrogen-bond acceptors (Lipinski definition) is 7. The van der Waals surface area contributed by atoms with Gasteiger partial charge in [0.05, 0.1) is 21.7 Å². The van der Waals surface area contributed by atoms with Crippen molar-refractivity contribution in [3.63, 3.8) is 0 Å². The highest BCUT2D eigenvalue weighted by molar-refractivity contribution is 7.20. The number of nitro groups is 1. The predicted molar refractivity (Wildman–Crippen MR) is 93.1 cm³/mol. The van der Waals surface area contributed by atoms with Crippen molar-refractivity contribution in [2.75, 3.05) is 13.1 Å². The first-order chi connectivity index (χ1) is 11.7. The van der Waals surface area contributed by atoms with Crippen LogP contribution in [0.1, 0.15) is 27.2 Å². The van der Waals surface area contributed by atoms with Crippen molar-refractivity contribution in [2.45, 2.75) is 38.9 Å². The fourth-order valence-corrected chi connectivity index (χ4v) is 3.38. The van der Waals surface area contributed by atoms with Crippen LogP contribution in [0.2, 0.25) is 0 Å². The number of hydrogen-bond donors (Lipinski definition) is 0. The summed E-state index contributed by atoms with van der Waals surface area (Å²) in [5.74, 6) is 0. The quantitative estimate of drug-likeness (QED) is 0.609. The molecule has 1 unspecified atom stereocenters. The Labute approximate surface area is 148 Å². The number of ether oxygens (including phenoxy) is 2. The molecule has 25 heavy (non-hydrogen) atoms. The lowest BCUT2D eigenvalue weighted by molar-refractivity contribution is -0.384. The Balaban J connectivity index is 1.64. The minimum atomic E-state index is -0.530. The van der Waals surface area contributed by atoms with E-state index < -0.39 is 10.5 Å². The molecule has 1 aliphatic rings. The second-order valence-electron chi connectivity index (χ2n) is 6.84. The topological polar surface area (TPSA) is 94.8 Å². The lowest BCUT2D eigenvalue weighted by Crippen LogP contribution is -2.36. The van der Waals surface area contributed by atoms with Gasteiger partial charge >= 0.3 is 6.09 Å². The second-order valence-corrected chi connectivity index (χ2v) is 7.84. The highest BCUT2D eigenvalue weighted by Gasteiger charge is 2.31. The van der Waals surface area contributed by atoms with Crippen LogP contribution in [0, 0.1) is 10.1 Å². The summed E-state index contributed by atoms with van der Waals surface area (Å²) < 4.78 is 12.0. The molecule has 2 heterocycles. The standard InChI is InChI=1S/C16H19N3O5S/c1-16(2,3)24-15(20)18-7-6-11(9-18)23-14-17-12-8-10(19(21)22)4-5-13(12)25-14/h4-5,8,11H,6-7,9H2,1-3H3. The van der Waals surface area contributed by atoms with E-state index in [1.807, 2.05) is 20.8 Å². The molecule has 0 bridgehead atoms. The predicted octanol–water partition coefficient (Wildman–Crippen LogP) is 3.59. The summed E-state index contributed by atoms with van der Waals surface area (Å²) in [5.41, 5.74) is 0.00938. The van der Waals surface area contributed by atoms with Crippen LogP contribution < -0.4 is 4.74 Å². The van der Waals surface area contributed by atoms with Crippen molar-refractivity contribution in [3.8, 4) is 5.19 Å². The first-order valence-electron chi connectivity index (χ1n) is 7.91. The van der Waals surface area contributed by atoms with E-state index in [0.717, 1.165) is 4.70 Å². The third-order valence-electron chi connectivity index (χ3n) is 3.63. The molecular formula is C16H19N3O5S. The molecule has 0 aliphatic carbocycles. The summed E-state index contributed by atoms with van der Waals surface area (Å²) in [4.78, 5) is 28.4. The lowest BCUT2D eigenvalue weighted by atomic mass is 10.2. The number of thiazole rings is 1. The number of rotatable bonds is 3. The summed E-state index contributed by atoms with van der Waals surface area (Å²) in [6.45, 7) is 6.49. The Morgan fingerprint density at radius 1 is 1.44 bits per heavy atom. The van der Waals surface area contributed by atoms with Gasteiger partial charge in [0.1, 0.15) is 11.7 Å². The smallest absolute Gasteiger partial charge is 0.410 e. The molecule has 1 aromatic heterocycles. The summed E-state index contributed by atoms with van der Waals surface area (Å²) in [7, 11) is 0. The van der Waals surface area contributed by atoms with Crippen molar-refractivity contribution in [2.24, 2.45) is 0 Å². The second kappa shape index (κ2) is 6.47. The van der Waals surface area contributed by atoms with Crippen molar-refractivity contribution in [1.82, 2.24) is 9.88 Å². The average Bonchev–Trinajstić information content (AvgIpc) is 3.11. The summed E-state index contributed by atoms with van der Waals surface area (Å²) in [6.07, 6.45) is 0.177. The van der Waals surface area contributed by atoms with Crippen molar-refractivity contribution >= 4 is 33.3 Å². The fraction of sp³-hybridized carbons (Fsp3) is 0.500. The number of nitrogens with zero attached hydrogens (tertiary/aromatic N) is 3. The van der Waals surface area contributed by atoms with Gasteiger partial charge in [0.2, 0.25) is 0 Å². The summed E-state index contributed by atoms with van der Waals surface area (Å²) in [5, 5.41) is 11.3. The van der Waals surface area contributed by atoms with Crippen LogP contribution in [0.3, 0.4) is 0 Å². The van der Waals surface area contributed by atoms with Crippen molar-refractivity contribution < 1.29 is 19.2 Å². The van der Waals surface area contributed by atoms with Crippen LogP contribution in [-0.2, 0) is 4.74 Å². The molecule has 8 nitrogen and oxygen atoms in total. The van der Waals surface area contributed by atoms with Gasteiger partial charge < -0.3 is 14.4 Å². The monoisotopic (exact) mass is 365 g/mol. The highest BCUT2D eigenvalue weighted by Crippen LogP contribution is 2.31. The number of non-ortho nitro benzene ring substituents is 1. The van der Waals surface area contributed by atoms with Gasteiger partial charge in [-0.15, -0.1) is 0 Å². The van der Waals surface area contributed by atoms with E-state index in [0.29, 0.717) is 30.2 Å². The van der Waals surface area contributed by atoms with Gasteiger partial charge in [-0.1, -0.05) is 11.3 Å². The van der Waals surface area contributed by atoms with Gasteiger partial charge in [-0.05, 0) is 26.8 Å². The first kappa shape index (κ1) is 17.4. The maximum atomic E-state index is 12.1. The number of nitro benzene ring substituents is 1. The zero-order valence-corrected chi connectivity index (χ0v) is 15.0. The molecule has 0 spiro atoms. The minimum absolute atomic E-state index is 0.00122. The molecular weight excluding hydrogens is 346 g/mol. The van der Waals surface area contributed by atoms with Crippen molar-refractivity contribution in [1.29, 1.82) is 0 Å². The largest absolute Gasteiger partial charge is 0.465 e. The number of fused-ring (bicyclic) bond motifs is 1. The van der Waals surface area contributed by atoms with Crippen LogP contribution in [-0.4, -0.2) is 45.7 Å². The molecule has 1 atom stereocenters. The van der Waals surface area contributed by atoms with E-state index in [-0.39, 0.29) is 17.9 Å². The number of aromatic nitrogens is 1. The van der Waals surface area contributed by atoms with E-state index in [1.165, 1.54) is 23.5 Å². The Bertz CT molecular complexity index is 814. The van der Waals surface area contributed by atoms with Crippen molar-refractivity contribution in [3.05, 3.63) is 28.3 Å². The molecule has 3 rings (SSSR count). The third kappa shape index (κ3) is 4.16. The number of benzene rings is 1. The Morgan fingerprint density at radius 3 is 2.88 bits per heavy atom. The molecule has 0 saturated carbocycles. The zero-order chi connectivity index (χ0) is 18.2. The van der Waals surface area contributed by atoms with Crippen LogP contribution in [0.15, 0.2) is 18.2 Å². The van der Waals surface area contributed by atoms with Crippen LogP contribution in [0.5, 0.6) is 5.19 Å². The average molecular weight is 365 g/mol. The maximum absolute atomic E-state index is 12.1. The fourth-order valence-electron chi connectivity index (χ4n) is 2.52. The molecule has 1 aromatic carbocycles. The minimum Gasteiger partial charge on any atom is -0.465 e. The number of carbonyl (C=O) groups excluding carboxylic acids is 1. The van der Waals surface area contributed by atoms with Gasteiger partial charge in [0, 0.05) is 25.1 Å². The van der Waals surface area contributed by atoms with E-state index >= 15 is 0 Å². The molecule has 1 saturated heterocycles. The van der Waals surface area contributed by atoms with Crippen LogP contribution >= 0.6 is 11.3 Å². The zero-order valence-electron chi connectivity index (χ0n) is 14.2. The molecule has 9 heteroatoms. The van der Waals surface area contributed by atoms with Crippen LogP contribution in [0.25, 0.3) is 10.2 Å². The maximum Gasteiger partial charge on any atom is 0.410 e. The SMILES string of the molecule is CC(C)(C)OC(=O)N1CCC(Oc2nc3cc([N+](=O)[O-])ccc3s2)C1. The lowest BCUT2D eigenvalue weighted by Gasteiger charge is -2.24. The summed E-state index contributed by atoms with van der Waals surface area (Å²) in [6, 6.07) is 4.55. The van der Waals surface area contributed by atoms with Gasteiger partial charge in [0.15, 0.2) is 0 Å². The van der Waals surface area contributed by atoms with Crippen LogP contribution in [0.4, 0.5) is 10.5 Å². The first-order valence-corrected chi connectivity index (χ1v) is 8.72. The number of likely N-dealkylation sites (tertiary alicyclic amines) is 1. The Hall–Kier alpha value is -2.42. The Morgan fingerprint density at radius 2 is 2.20 bits per heavy atom. The molecule has 1 amide bonds. The van der Waals surface area contributed by atoms with Gasteiger partial charge in [-0.25, -0.2) is 9.78 Å². The molecule has 0 N–H and O–H groups in total. The van der Waals surface area contributed by atoms with E-state index in [4.69, 9.17) is 9.47 Å². The van der Waals surface area contributed by atoms with E-state index in [1.54, 1.807) is 11.0 Å². The van der Waals surface area contributed by atoms with Gasteiger partial charge in [0.25, 0.3) is 10.9 Å².